The van der Waals surface area contributed by atoms with Crippen molar-refractivity contribution in [2.24, 2.45) is 5.92 Å². The van der Waals surface area contributed by atoms with Crippen molar-refractivity contribution in [1.82, 2.24) is 15.1 Å². The van der Waals surface area contributed by atoms with E-state index >= 15 is 0 Å². The molecule has 3 N–H and O–H groups in total. The number of nitro groups is 1. The van der Waals surface area contributed by atoms with Gasteiger partial charge in [0, 0.05) is 19.2 Å². The minimum absolute atomic E-state index is 0.0921. The van der Waals surface area contributed by atoms with Gasteiger partial charge in [-0.3, -0.25) is 14.8 Å². The van der Waals surface area contributed by atoms with Gasteiger partial charge in [-0.25, -0.2) is 0 Å². The number of nitrogens with one attached hydrogen (secondary N) is 1. The van der Waals surface area contributed by atoms with Crippen LogP contribution in [0.5, 0.6) is 0 Å². The molecule has 0 saturated carbocycles. The van der Waals surface area contributed by atoms with E-state index in [0.29, 0.717) is 18.9 Å². The maximum atomic E-state index is 10.5. The van der Waals surface area contributed by atoms with Gasteiger partial charge < -0.3 is 15.5 Å². The molecule has 1 aromatic heterocycles. The number of aliphatic hydroxyl groups excluding tert-OH is 2. The molecule has 0 aromatic carbocycles. The first kappa shape index (κ1) is 16.5. The van der Waals surface area contributed by atoms with Crippen molar-refractivity contribution in [3.63, 3.8) is 0 Å². The molecule has 1 aromatic rings. The Morgan fingerprint density at radius 3 is 2.75 bits per heavy atom. The highest BCUT2D eigenvalue weighted by Crippen LogP contribution is 2.09. The maximum Gasteiger partial charge on any atom is 0.306 e. The molecule has 0 spiro atoms. The summed E-state index contributed by atoms with van der Waals surface area (Å²) in [4.78, 5) is 9.99. The van der Waals surface area contributed by atoms with Crippen molar-refractivity contribution in [3.05, 3.63) is 22.5 Å². The van der Waals surface area contributed by atoms with Gasteiger partial charge in [-0.1, -0.05) is 13.8 Å². The zero-order valence-electron chi connectivity index (χ0n) is 11.8. The summed E-state index contributed by atoms with van der Waals surface area (Å²) in [5.74, 6) is 0.347. The third kappa shape index (κ3) is 5.24. The first-order chi connectivity index (χ1) is 9.43. The van der Waals surface area contributed by atoms with E-state index in [1.54, 1.807) is 0 Å². The molecule has 2 atom stereocenters. The lowest BCUT2D eigenvalue weighted by molar-refractivity contribution is -0.385. The minimum atomic E-state index is -0.700. The molecule has 0 amide bonds. The molecular formula is C12H22N4O4. The minimum Gasteiger partial charge on any atom is -0.396 e. The molecule has 2 unspecified atom stereocenters. The van der Waals surface area contributed by atoms with Crippen molar-refractivity contribution in [2.45, 2.75) is 39.0 Å². The van der Waals surface area contributed by atoms with Gasteiger partial charge in [-0.05, 0) is 12.3 Å². The van der Waals surface area contributed by atoms with Crippen molar-refractivity contribution in [2.75, 3.05) is 13.2 Å². The summed E-state index contributed by atoms with van der Waals surface area (Å²) in [5.41, 5.74) is -0.0921. The third-order valence-corrected chi connectivity index (χ3v) is 3.09. The molecule has 0 bridgehead atoms. The van der Waals surface area contributed by atoms with Crippen LogP contribution in [0.3, 0.4) is 0 Å². The Balaban J connectivity index is 2.42. The number of hydrogen-bond acceptors (Lipinski definition) is 6. The largest absolute Gasteiger partial charge is 0.396 e. The highest BCUT2D eigenvalue weighted by molar-refractivity contribution is 5.20. The first-order valence-electron chi connectivity index (χ1n) is 6.63. The van der Waals surface area contributed by atoms with Gasteiger partial charge >= 0.3 is 5.69 Å². The third-order valence-electron chi connectivity index (χ3n) is 3.09. The fourth-order valence-corrected chi connectivity index (χ4v) is 1.92. The second kappa shape index (κ2) is 7.93. The Hall–Kier alpha value is -1.51. The second-order valence-electron chi connectivity index (χ2n) is 5.10. The molecule has 0 aliphatic carbocycles. The molecule has 0 fully saturated rings. The Morgan fingerprint density at radius 2 is 2.25 bits per heavy atom. The van der Waals surface area contributed by atoms with Crippen LogP contribution in [0.4, 0.5) is 5.69 Å². The van der Waals surface area contributed by atoms with Crippen LogP contribution < -0.4 is 5.32 Å². The highest BCUT2D eigenvalue weighted by atomic mass is 16.6. The lowest BCUT2D eigenvalue weighted by Gasteiger charge is -2.23. The molecule has 0 aliphatic rings. The standard InChI is InChI=1S/C12H22N4O4/c1-9(2)12(3-4-17)13-6-11(18)8-15-7-10(5-14-15)16(19)20/h5,7,9,11-13,17-18H,3-4,6,8H2,1-2H3. The van der Waals surface area contributed by atoms with Crippen LogP contribution >= 0.6 is 0 Å². The number of rotatable bonds is 9. The lowest BCUT2D eigenvalue weighted by atomic mass is 10.0. The van der Waals surface area contributed by atoms with Crippen LogP contribution in [0.2, 0.25) is 0 Å². The summed E-state index contributed by atoms with van der Waals surface area (Å²) in [6.07, 6.45) is 2.37. The summed E-state index contributed by atoms with van der Waals surface area (Å²) < 4.78 is 1.35. The van der Waals surface area contributed by atoms with Crippen LogP contribution in [0.15, 0.2) is 12.4 Å². The number of nitrogens with zero attached hydrogens (tertiary/aromatic N) is 3. The predicted octanol–water partition coefficient (Wildman–Crippen LogP) is 0.149. The Kier molecular flexibility index (Phi) is 6.56. The van der Waals surface area contributed by atoms with Gasteiger partial charge in [0.25, 0.3) is 0 Å². The van der Waals surface area contributed by atoms with Gasteiger partial charge in [0.05, 0.1) is 17.6 Å². The molecule has 0 aliphatic heterocycles. The molecular weight excluding hydrogens is 264 g/mol. The lowest BCUT2D eigenvalue weighted by Crippen LogP contribution is -2.40. The number of aromatic nitrogens is 2. The molecule has 1 heterocycles. The van der Waals surface area contributed by atoms with Crippen molar-refractivity contribution < 1.29 is 15.1 Å². The molecule has 8 nitrogen and oxygen atoms in total. The summed E-state index contributed by atoms with van der Waals surface area (Å²) in [7, 11) is 0. The normalized spacial score (nSPS) is 14.4. The van der Waals surface area contributed by atoms with Crippen LogP contribution in [0.1, 0.15) is 20.3 Å². The predicted molar refractivity (Wildman–Crippen MR) is 73.2 cm³/mol. The van der Waals surface area contributed by atoms with Gasteiger partial charge in [0.1, 0.15) is 12.4 Å². The number of hydrogen-bond donors (Lipinski definition) is 3. The Morgan fingerprint density at radius 1 is 1.55 bits per heavy atom. The van der Waals surface area contributed by atoms with Crippen LogP contribution in [-0.4, -0.2) is 50.2 Å². The van der Waals surface area contributed by atoms with Gasteiger partial charge in [0.2, 0.25) is 0 Å². The van der Waals surface area contributed by atoms with Crippen molar-refractivity contribution in [3.8, 4) is 0 Å². The van der Waals surface area contributed by atoms with Crippen molar-refractivity contribution >= 4 is 5.69 Å². The van der Waals surface area contributed by atoms with E-state index in [1.165, 1.54) is 10.9 Å². The van der Waals surface area contributed by atoms with Crippen LogP contribution in [0.25, 0.3) is 0 Å². The van der Waals surface area contributed by atoms with Crippen LogP contribution in [-0.2, 0) is 6.54 Å². The quantitative estimate of drug-likeness (QED) is 0.440. The average Bonchev–Trinajstić information content (AvgIpc) is 2.82. The maximum absolute atomic E-state index is 10.5. The zero-order valence-corrected chi connectivity index (χ0v) is 11.8. The van der Waals surface area contributed by atoms with Crippen LogP contribution in [0, 0.1) is 16.0 Å². The molecule has 0 saturated heterocycles. The highest BCUT2D eigenvalue weighted by Gasteiger charge is 2.15. The Labute approximate surface area is 117 Å². The fourth-order valence-electron chi connectivity index (χ4n) is 1.92. The van der Waals surface area contributed by atoms with Gasteiger partial charge in [0.15, 0.2) is 0 Å². The van der Waals surface area contributed by atoms with E-state index in [-0.39, 0.29) is 24.9 Å². The molecule has 0 radical (unpaired) electrons. The van der Waals surface area contributed by atoms with E-state index in [0.717, 1.165) is 6.20 Å². The molecule has 114 valence electrons. The SMILES string of the molecule is CC(C)C(CCO)NCC(O)Cn1cc([N+](=O)[O-])cn1. The van der Waals surface area contributed by atoms with E-state index in [1.807, 2.05) is 13.8 Å². The van der Waals surface area contributed by atoms with Gasteiger partial charge in [-0.15, -0.1) is 0 Å². The summed E-state index contributed by atoms with van der Waals surface area (Å²) >= 11 is 0. The smallest absolute Gasteiger partial charge is 0.306 e. The van der Waals surface area contributed by atoms with E-state index in [9.17, 15) is 15.2 Å². The summed E-state index contributed by atoms with van der Waals surface area (Å²) in [6.45, 7) is 4.70. The molecule has 8 heteroatoms. The van der Waals surface area contributed by atoms with Crippen molar-refractivity contribution in [1.29, 1.82) is 0 Å². The zero-order chi connectivity index (χ0) is 15.1. The van der Waals surface area contributed by atoms with E-state index in [2.05, 4.69) is 10.4 Å². The van der Waals surface area contributed by atoms with E-state index in [4.69, 9.17) is 5.11 Å². The average molecular weight is 286 g/mol. The summed E-state index contributed by atoms with van der Waals surface area (Å²) in [6, 6.07) is 0.126. The van der Waals surface area contributed by atoms with Gasteiger partial charge in [-0.2, -0.15) is 5.10 Å². The Bertz CT molecular complexity index is 421. The summed E-state index contributed by atoms with van der Waals surface area (Å²) in [5, 5.41) is 36.4. The first-order valence-corrected chi connectivity index (χ1v) is 6.63. The second-order valence-corrected chi connectivity index (χ2v) is 5.10. The molecule has 1 rings (SSSR count). The molecule has 20 heavy (non-hydrogen) atoms. The fraction of sp³-hybridized carbons (Fsp3) is 0.750. The number of aliphatic hydroxyl groups is 2. The van der Waals surface area contributed by atoms with E-state index < -0.39 is 11.0 Å². The topological polar surface area (TPSA) is 113 Å². The monoisotopic (exact) mass is 286 g/mol.